The van der Waals surface area contributed by atoms with Crippen molar-refractivity contribution >= 4 is 28.2 Å². The molecule has 0 saturated heterocycles. The number of hydrogen-bond acceptors (Lipinski definition) is 2. The molecule has 0 atom stereocenters. The predicted molar refractivity (Wildman–Crippen MR) is 115 cm³/mol. The first kappa shape index (κ1) is 17.9. The average Bonchev–Trinajstić information content (AvgIpc) is 3.13. The molecule has 3 N–H and O–H groups in total. The topological polar surface area (TPSA) is 56.9 Å². The number of H-pyrrole nitrogens is 1. The smallest absolute Gasteiger partial charge is 0.253 e. The number of benzene rings is 3. The molecular formula is C24H23N3O. The van der Waals surface area contributed by atoms with E-state index >= 15 is 0 Å². The van der Waals surface area contributed by atoms with E-state index in [0.717, 1.165) is 28.9 Å². The van der Waals surface area contributed by atoms with Gasteiger partial charge < -0.3 is 15.6 Å². The monoisotopic (exact) mass is 369 g/mol. The second-order valence-electron chi connectivity index (χ2n) is 6.85. The molecule has 0 aliphatic carbocycles. The number of carbonyl (C=O) groups is 1. The maximum atomic E-state index is 12.8. The van der Waals surface area contributed by atoms with Gasteiger partial charge in [-0.3, -0.25) is 4.79 Å². The molecule has 0 radical (unpaired) electrons. The fraction of sp³-hybridized carbons (Fsp3) is 0.125. The Morgan fingerprint density at radius 1 is 0.893 bits per heavy atom. The van der Waals surface area contributed by atoms with E-state index in [1.165, 1.54) is 10.9 Å². The van der Waals surface area contributed by atoms with E-state index in [9.17, 15) is 4.79 Å². The minimum absolute atomic E-state index is 0.0727. The summed E-state index contributed by atoms with van der Waals surface area (Å²) >= 11 is 0. The van der Waals surface area contributed by atoms with Crippen LogP contribution in [-0.4, -0.2) is 17.4 Å². The number of aromatic amines is 1. The molecule has 4 rings (SSSR count). The molecule has 1 aromatic heterocycles. The minimum Gasteiger partial charge on any atom is -0.361 e. The Morgan fingerprint density at radius 2 is 1.61 bits per heavy atom. The minimum atomic E-state index is -0.0727. The van der Waals surface area contributed by atoms with Crippen LogP contribution >= 0.6 is 0 Å². The summed E-state index contributed by atoms with van der Waals surface area (Å²) in [5.74, 6) is -0.0727. The third kappa shape index (κ3) is 3.76. The van der Waals surface area contributed by atoms with E-state index in [-0.39, 0.29) is 5.91 Å². The highest BCUT2D eigenvalue weighted by Gasteiger charge is 2.12. The molecule has 0 bridgehead atoms. The van der Waals surface area contributed by atoms with E-state index in [4.69, 9.17) is 0 Å². The van der Waals surface area contributed by atoms with Crippen molar-refractivity contribution < 1.29 is 4.79 Å². The van der Waals surface area contributed by atoms with Crippen molar-refractivity contribution in [2.45, 2.75) is 13.3 Å². The highest BCUT2D eigenvalue weighted by atomic mass is 16.1. The number of amides is 1. The lowest BCUT2D eigenvalue weighted by Crippen LogP contribution is -2.26. The van der Waals surface area contributed by atoms with Crippen LogP contribution in [0.2, 0.25) is 0 Å². The summed E-state index contributed by atoms with van der Waals surface area (Å²) in [6, 6.07) is 23.9. The molecular weight excluding hydrogens is 346 g/mol. The fourth-order valence-electron chi connectivity index (χ4n) is 3.39. The molecule has 0 spiro atoms. The first-order valence-corrected chi connectivity index (χ1v) is 9.47. The zero-order chi connectivity index (χ0) is 19.3. The number of rotatable bonds is 6. The number of anilines is 2. The van der Waals surface area contributed by atoms with Crippen molar-refractivity contribution in [3.63, 3.8) is 0 Å². The first-order valence-electron chi connectivity index (χ1n) is 9.47. The maximum absolute atomic E-state index is 12.8. The third-order valence-corrected chi connectivity index (χ3v) is 4.94. The zero-order valence-corrected chi connectivity index (χ0v) is 15.8. The van der Waals surface area contributed by atoms with Gasteiger partial charge >= 0.3 is 0 Å². The second kappa shape index (κ2) is 8.01. The van der Waals surface area contributed by atoms with Gasteiger partial charge in [0.05, 0.1) is 11.3 Å². The number of aromatic nitrogens is 1. The summed E-state index contributed by atoms with van der Waals surface area (Å²) < 4.78 is 0. The molecule has 4 heteroatoms. The molecule has 0 fully saturated rings. The normalized spacial score (nSPS) is 10.8. The Labute approximate surface area is 164 Å². The summed E-state index contributed by atoms with van der Waals surface area (Å²) in [6.45, 7) is 2.63. The molecule has 4 aromatic rings. The van der Waals surface area contributed by atoms with Gasteiger partial charge in [-0.1, -0.05) is 48.5 Å². The Morgan fingerprint density at radius 3 is 2.46 bits per heavy atom. The largest absolute Gasteiger partial charge is 0.361 e. The molecule has 3 aromatic carbocycles. The van der Waals surface area contributed by atoms with Gasteiger partial charge in [-0.15, -0.1) is 0 Å². The number of aryl methyl sites for hydroxylation is 1. The fourth-order valence-corrected chi connectivity index (χ4v) is 3.39. The van der Waals surface area contributed by atoms with E-state index in [2.05, 4.69) is 27.8 Å². The molecule has 0 unspecified atom stereocenters. The third-order valence-electron chi connectivity index (χ3n) is 4.94. The van der Waals surface area contributed by atoms with Gasteiger partial charge in [0.1, 0.15) is 0 Å². The van der Waals surface area contributed by atoms with Crippen LogP contribution in [0.25, 0.3) is 10.9 Å². The van der Waals surface area contributed by atoms with Crippen molar-refractivity contribution in [3.8, 4) is 0 Å². The van der Waals surface area contributed by atoms with Gasteiger partial charge in [-0.25, -0.2) is 0 Å². The van der Waals surface area contributed by atoms with Crippen LogP contribution in [0.3, 0.4) is 0 Å². The Balaban J connectivity index is 1.44. The molecule has 140 valence electrons. The van der Waals surface area contributed by atoms with Gasteiger partial charge in [-0.2, -0.15) is 0 Å². The van der Waals surface area contributed by atoms with Crippen molar-refractivity contribution in [3.05, 3.63) is 95.7 Å². The summed E-state index contributed by atoms with van der Waals surface area (Å²) in [6.07, 6.45) is 2.80. The SMILES string of the molecule is Cc1ccccc1Nc1ccccc1C(=O)NCCc1c[nH]c2ccccc12. The quantitative estimate of drug-likeness (QED) is 0.438. The molecule has 0 aliphatic heterocycles. The standard InChI is InChI=1S/C24H23N3O/c1-17-8-2-5-11-21(17)27-23-13-7-4-10-20(23)24(28)25-15-14-18-16-26-22-12-6-3-9-19(18)22/h2-13,16,26-27H,14-15H2,1H3,(H,25,28). The average molecular weight is 369 g/mol. The van der Waals surface area contributed by atoms with Crippen LogP contribution in [0.5, 0.6) is 0 Å². The van der Waals surface area contributed by atoms with Gasteiger partial charge in [0.15, 0.2) is 0 Å². The summed E-state index contributed by atoms with van der Waals surface area (Å²) in [4.78, 5) is 16.1. The lowest BCUT2D eigenvalue weighted by molar-refractivity contribution is 0.0955. The Hall–Kier alpha value is -3.53. The molecule has 28 heavy (non-hydrogen) atoms. The van der Waals surface area contributed by atoms with Crippen LogP contribution in [0.15, 0.2) is 79.0 Å². The predicted octanol–water partition coefficient (Wildman–Crippen LogP) is 5.19. The van der Waals surface area contributed by atoms with Gasteiger partial charge in [0, 0.05) is 29.3 Å². The summed E-state index contributed by atoms with van der Waals surface area (Å²) in [5.41, 5.74) is 5.92. The van der Waals surface area contributed by atoms with E-state index in [1.807, 2.05) is 73.8 Å². The van der Waals surface area contributed by atoms with Gasteiger partial charge in [-0.05, 0) is 48.7 Å². The lowest BCUT2D eigenvalue weighted by Gasteiger charge is -2.14. The molecule has 4 nitrogen and oxygen atoms in total. The highest BCUT2D eigenvalue weighted by Crippen LogP contribution is 2.23. The van der Waals surface area contributed by atoms with Crippen LogP contribution in [0.1, 0.15) is 21.5 Å². The van der Waals surface area contributed by atoms with Crippen LogP contribution in [0.4, 0.5) is 11.4 Å². The zero-order valence-electron chi connectivity index (χ0n) is 15.8. The Kier molecular flexibility index (Phi) is 5.11. The summed E-state index contributed by atoms with van der Waals surface area (Å²) in [7, 11) is 0. The number of nitrogens with one attached hydrogen (secondary N) is 3. The highest BCUT2D eigenvalue weighted by molar-refractivity contribution is 6.00. The summed E-state index contributed by atoms with van der Waals surface area (Å²) in [5, 5.41) is 7.64. The second-order valence-corrected chi connectivity index (χ2v) is 6.85. The maximum Gasteiger partial charge on any atom is 0.253 e. The number of fused-ring (bicyclic) bond motifs is 1. The van der Waals surface area contributed by atoms with Gasteiger partial charge in [0.2, 0.25) is 0 Å². The van der Waals surface area contributed by atoms with Crippen molar-refractivity contribution in [2.75, 3.05) is 11.9 Å². The van der Waals surface area contributed by atoms with Crippen molar-refractivity contribution in [2.24, 2.45) is 0 Å². The number of hydrogen-bond donors (Lipinski definition) is 3. The van der Waals surface area contributed by atoms with Crippen molar-refractivity contribution in [1.82, 2.24) is 10.3 Å². The molecule has 0 aliphatic rings. The van der Waals surface area contributed by atoms with Crippen molar-refractivity contribution in [1.29, 1.82) is 0 Å². The number of para-hydroxylation sites is 3. The van der Waals surface area contributed by atoms with Crippen LogP contribution in [0, 0.1) is 6.92 Å². The Bertz CT molecular complexity index is 1110. The lowest BCUT2D eigenvalue weighted by atomic mass is 10.1. The molecule has 0 saturated carbocycles. The van der Waals surface area contributed by atoms with E-state index in [0.29, 0.717) is 12.1 Å². The van der Waals surface area contributed by atoms with Gasteiger partial charge in [0.25, 0.3) is 5.91 Å². The molecule has 1 heterocycles. The number of carbonyl (C=O) groups excluding carboxylic acids is 1. The first-order chi connectivity index (χ1) is 13.7. The van der Waals surface area contributed by atoms with E-state index < -0.39 is 0 Å². The van der Waals surface area contributed by atoms with E-state index in [1.54, 1.807) is 0 Å². The van der Waals surface area contributed by atoms with Crippen LogP contribution < -0.4 is 10.6 Å². The van der Waals surface area contributed by atoms with Crippen LogP contribution in [-0.2, 0) is 6.42 Å². The molecule has 1 amide bonds.